The van der Waals surface area contributed by atoms with Gasteiger partial charge in [-0.25, -0.2) is 9.97 Å². The average Bonchev–Trinajstić information content (AvgIpc) is 3.24. The maximum Gasteiger partial charge on any atom is 0.232 e. The fourth-order valence-corrected chi connectivity index (χ4v) is 5.22. The largest absolute Gasteiger partial charge is 0.497 e. The summed E-state index contributed by atoms with van der Waals surface area (Å²) in [6, 6.07) is 12.0. The number of anilines is 2. The molecule has 0 radical (unpaired) electrons. The van der Waals surface area contributed by atoms with E-state index in [0.29, 0.717) is 18.2 Å². The van der Waals surface area contributed by atoms with Gasteiger partial charge in [0.05, 0.1) is 33.5 Å². The molecule has 1 fully saturated rings. The van der Waals surface area contributed by atoms with Crippen LogP contribution >= 0.6 is 22.7 Å². The van der Waals surface area contributed by atoms with E-state index in [1.807, 2.05) is 43.3 Å². The third kappa shape index (κ3) is 2.98. The zero-order valence-corrected chi connectivity index (χ0v) is 17.1. The molecule has 0 bridgehead atoms. The van der Waals surface area contributed by atoms with Crippen molar-refractivity contribution >= 4 is 59.3 Å². The molecule has 0 atom stereocenters. The van der Waals surface area contributed by atoms with Gasteiger partial charge in [0, 0.05) is 19.2 Å². The van der Waals surface area contributed by atoms with E-state index in [1.54, 1.807) is 18.4 Å². The number of hydrogen-bond donors (Lipinski definition) is 1. The second kappa shape index (κ2) is 6.72. The van der Waals surface area contributed by atoms with E-state index in [0.717, 1.165) is 36.9 Å². The van der Waals surface area contributed by atoms with Crippen molar-refractivity contribution in [2.45, 2.75) is 6.92 Å². The van der Waals surface area contributed by atoms with Crippen molar-refractivity contribution in [3.8, 4) is 5.75 Å². The predicted octanol–water partition coefficient (Wildman–Crippen LogP) is 4.30. The fourth-order valence-electron chi connectivity index (χ4n) is 3.31. The van der Waals surface area contributed by atoms with E-state index in [9.17, 15) is 4.79 Å². The number of fused-ring (bicyclic) bond motifs is 2. The molecule has 0 spiro atoms. The van der Waals surface area contributed by atoms with Crippen LogP contribution in [0.1, 0.15) is 5.56 Å². The van der Waals surface area contributed by atoms with Crippen LogP contribution < -0.4 is 15.0 Å². The van der Waals surface area contributed by atoms with Crippen LogP contribution in [0.2, 0.25) is 0 Å². The van der Waals surface area contributed by atoms with Crippen molar-refractivity contribution in [1.82, 2.24) is 9.97 Å². The molecule has 5 rings (SSSR count). The highest BCUT2D eigenvalue weighted by Crippen LogP contribution is 2.35. The first-order valence-electron chi connectivity index (χ1n) is 8.97. The first kappa shape index (κ1) is 17.4. The number of aromatic nitrogens is 2. The number of amides is 1. The number of rotatable bonds is 4. The van der Waals surface area contributed by atoms with Crippen molar-refractivity contribution in [2.75, 3.05) is 30.4 Å². The Morgan fingerprint density at radius 3 is 2.82 bits per heavy atom. The Balaban J connectivity index is 1.25. The summed E-state index contributed by atoms with van der Waals surface area (Å²) in [5.74, 6) is 0.779. The van der Waals surface area contributed by atoms with Gasteiger partial charge in [0.25, 0.3) is 0 Å². The van der Waals surface area contributed by atoms with Crippen molar-refractivity contribution in [3.05, 3.63) is 42.0 Å². The third-order valence-electron chi connectivity index (χ3n) is 4.96. The van der Waals surface area contributed by atoms with Gasteiger partial charge < -0.3 is 15.0 Å². The lowest BCUT2D eigenvalue weighted by atomic mass is 10.0. The Morgan fingerprint density at radius 2 is 2.04 bits per heavy atom. The number of thiazole rings is 2. The van der Waals surface area contributed by atoms with Crippen LogP contribution in [0.3, 0.4) is 0 Å². The van der Waals surface area contributed by atoms with Gasteiger partial charge in [-0.1, -0.05) is 34.8 Å². The van der Waals surface area contributed by atoms with Crippen LogP contribution in [0.4, 0.5) is 10.3 Å². The van der Waals surface area contributed by atoms with Crippen LogP contribution in [0.5, 0.6) is 5.75 Å². The lowest BCUT2D eigenvalue weighted by Crippen LogP contribution is -2.52. The first-order chi connectivity index (χ1) is 13.6. The summed E-state index contributed by atoms with van der Waals surface area (Å²) in [4.78, 5) is 24.0. The van der Waals surface area contributed by atoms with Gasteiger partial charge >= 0.3 is 0 Å². The maximum absolute atomic E-state index is 12.6. The van der Waals surface area contributed by atoms with E-state index < -0.39 is 0 Å². The summed E-state index contributed by atoms with van der Waals surface area (Å²) >= 11 is 3.16. The fraction of sp³-hybridized carbons (Fsp3) is 0.250. The zero-order chi connectivity index (χ0) is 19.3. The highest BCUT2D eigenvalue weighted by atomic mass is 32.1. The molecule has 1 aliphatic rings. The molecule has 1 aliphatic heterocycles. The number of carbonyl (C=O) groups excluding carboxylic acids is 1. The Morgan fingerprint density at radius 1 is 1.18 bits per heavy atom. The zero-order valence-electron chi connectivity index (χ0n) is 15.4. The quantitative estimate of drug-likeness (QED) is 0.543. The predicted molar refractivity (Wildman–Crippen MR) is 115 cm³/mol. The highest BCUT2D eigenvalue weighted by Gasteiger charge is 2.34. The molecular weight excluding hydrogens is 392 g/mol. The summed E-state index contributed by atoms with van der Waals surface area (Å²) in [5.41, 5.74) is 3.01. The maximum atomic E-state index is 12.6. The molecule has 4 aromatic rings. The molecule has 1 amide bonds. The van der Waals surface area contributed by atoms with Crippen LogP contribution in [-0.4, -0.2) is 36.1 Å². The van der Waals surface area contributed by atoms with Crippen LogP contribution in [0.15, 0.2) is 36.4 Å². The monoisotopic (exact) mass is 410 g/mol. The second-order valence-electron chi connectivity index (χ2n) is 6.86. The lowest BCUT2D eigenvalue weighted by molar-refractivity contribution is -0.120. The van der Waals surface area contributed by atoms with Gasteiger partial charge in [0.2, 0.25) is 5.91 Å². The summed E-state index contributed by atoms with van der Waals surface area (Å²) in [6.45, 7) is 3.38. The number of nitrogens with zero attached hydrogens (tertiary/aromatic N) is 3. The number of carbonyl (C=O) groups is 1. The molecule has 2 aromatic carbocycles. The number of benzene rings is 2. The molecule has 1 N–H and O–H groups in total. The van der Waals surface area contributed by atoms with Crippen molar-refractivity contribution < 1.29 is 9.53 Å². The molecule has 0 unspecified atom stereocenters. The number of hydrogen-bond acceptors (Lipinski definition) is 7. The molecular formula is C20H18N4O2S2. The first-order valence-corrected chi connectivity index (χ1v) is 10.6. The Hall–Kier alpha value is -2.71. The van der Waals surface area contributed by atoms with Crippen molar-refractivity contribution in [2.24, 2.45) is 5.92 Å². The Kier molecular flexibility index (Phi) is 4.17. The molecule has 6 nitrogen and oxygen atoms in total. The van der Waals surface area contributed by atoms with Gasteiger partial charge in [0.1, 0.15) is 5.75 Å². The average molecular weight is 411 g/mol. The van der Waals surface area contributed by atoms with E-state index in [1.165, 1.54) is 11.3 Å². The topological polar surface area (TPSA) is 67.3 Å². The van der Waals surface area contributed by atoms with E-state index in [4.69, 9.17) is 4.74 Å². The van der Waals surface area contributed by atoms with Crippen molar-refractivity contribution in [1.29, 1.82) is 0 Å². The molecule has 28 heavy (non-hydrogen) atoms. The van der Waals surface area contributed by atoms with Gasteiger partial charge in [-0.05, 0) is 30.7 Å². The van der Waals surface area contributed by atoms with E-state index >= 15 is 0 Å². The molecule has 0 saturated carbocycles. The Labute approximate surface area is 169 Å². The molecule has 142 valence electrons. The van der Waals surface area contributed by atoms with E-state index in [-0.39, 0.29) is 11.8 Å². The normalized spacial score (nSPS) is 14.4. The molecule has 8 heteroatoms. The van der Waals surface area contributed by atoms with Gasteiger partial charge in [-0.15, -0.1) is 0 Å². The molecule has 2 aromatic heterocycles. The highest BCUT2D eigenvalue weighted by molar-refractivity contribution is 7.22. The Bertz CT molecular complexity index is 1190. The molecule has 1 saturated heterocycles. The molecule has 0 aliphatic carbocycles. The standard InChI is InChI=1S/C20H18N4O2S2/c1-11-4-3-5-16-17(11)22-19(27-16)23-18(25)12-9-24(10-12)20-21-14-8-13(26-2)6-7-15(14)28-20/h3-8,12H,9-10H2,1-2H3,(H,22,23,25). The van der Waals surface area contributed by atoms with Gasteiger partial charge in [0.15, 0.2) is 10.3 Å². The molecule has 3 heterocycles. The summed E-state index contributed by atoms with van der Waals surface area (Å²) in [6.07, 6.45) is 0. The van der Waals surface area contributed by atoms with Crippen LogP contribution in [0, 0.1) is 12.8 Å². The third-order valence-corrected chi connectivity index (χ3v) is 6.99. The number of methoxy groups -OCH3 is 1. The number of ether oxygens (including phenoxy) is 1. The summed E-state index contributed by atoms with van der Waals surface area (Å²) < 4.78 is 7.47. The van der Waals surface area contributed by atoms with Gasteiger partial charge in [-0.3, -0.25) is 4.79 Å². The smallest absolute Gasteiger partial charge is 0.232 e. The van der Waals surface area contributed by atoms with Crippen molar-refractivity contribution in [3.63, 3.8) is 0 Å². The van der Waals surface area contributed by atoms with Crippen LogP contribution in [0.25, 0.3) is 20.4 Å². The summed E-state index contributed by atoms with van der Waals surface area (Å²) in [7, 11) is 1.65. The number of nitrogens with one attached hydrogen (secondary N) is 1. The second-order valence-corrected chi connectivity index (χ2v) is 8.90. The van der Waals surface area contributed by atoms with Crippen LogP contribution in [-0.2, 0) is 4.79 Å². The minimum atomic E-state index is -0.0466. The minimum Gasteiger partial charge on any atom is -0.497 e. The number of aryl methyl sites for hydroxylation is 1. The van der Waals surface area contributed by atoms with E-state index in [2.05, 4.69) is 20.2 Å². The SMILES string of the molecule is COc1ccc2sc(N3CC(C(=O)Nc4nc5c(C)cccc5s4)C3)nc2c1. The lowest BCUT2D eigenvalue weighted by Gasteiger charge is -2.37. The number of para-hydroxylation sites is 1. The summed E-state index contributed by atoms with van der Waals surface area (Å²) in [5, 5.41) is 4.60. The minimum absolute atomic E-state index is 0.0238. The van der Waals surface area contributed by atoms with Gasteiger partial charge in [-0.2, -0.15) is 0 Å².